The first-order valence-electron chi connectivity index (χ1n) is 14.6. The first kappa shape index (κ1) is 24.8. The van der Waals surface area contributed by atoms with Crippen molar-refractivity contribution in [1.29, 1.82) is 0 Å². The van der Waals surface area contributed by atoms with Crippen LogP contribution in [0, 0.1) is 0 Å². The Hall–Kier alpha value is -5.42. The lowest BCUT2D eigenvalue weighted by atomic mass is 10.2. The van der Waals surface area contributed by atoms with Crippen LogP contribution in [0.3, 0.4) is 0 Å². The highest BCUT2D eigenvalue weighted by Gasteiger charge is 2.53. The van der Waals surface area contributed by atoms with Crippen LogP contribution >= 0.6 is 14.3 Å². The SMILES string of the molecule is O=P12c3c4cccc3Oc3cccc(c31)Oc1cccc(c12)O4.O=P12c3c4cccc3Oc3cccc(c31)Oc1cccc(c12)O4. The van der Waals surface area contributed by atoms with Gasteiger partial charge in [0.2, 0.25) is 0 Å². The normalized spacial score (nSPS) is 16.5. The highest BCUT2D eigenvalue weighted by molar-refractivity contribution is 7.87. The first-order chi connectivity index (χ1) is 22.5. The summed E-state index contributed by atoms with van der Waals surface area (Å²) in [6.07, 6.45) is 0. The molecule has 0 spiro atoms. The molecule has 6 aliphatic heterocycles. The summed E-state index contributed by atoms with van der Waals surface area (Å²) >= 11 is 0. The average molecular weight is 640 g/mol. The molecule has 6 aromatic carbocycles. The van der Waals surface area contributed by atoms with Crippen LogP contribution in [0.5, 0.6) is 69.0 Å². The molecule has 0 bridgehead atoms. The summed E-state index contributed by atoms with van der Waals surface area (Å²) < 4.78 is 64.6. The van der Waals surface area contributed by atoms with Gasteiger partial charge in [0.15, 0.2) is 14.3 Å². The minimum atomic E-state index is -3.06. The lowest BCUT2D eigenvalue weighted by Gasteiger charge is -2.38. The van der Waals surface area contributed by atoms with Crippen LogP contribution in [-0.2, 0) is 9.13 Å². The predicted molar refractivity (Wildman–Crippen MR) is 172 cm³/mol. The first-order valence-corrected chi connectivity index (χ1v) is 18.0. The summed E-state index contributed by atoms with van der Waals surface area (Å²) in [7, 11) is -6.12. The molecule has 220 valence electrons. The van der Waals surface area contributed by atoms with Crippen LogP contribution in [-0.4, -0.2) is 0 Å². The van der Waals surface area contributed by atoms with Crippen molar-refractivity contribution < 1.29 is 37.6 Å². The molecular weight excluding hydrogens is 622 g/mol. The van der Waals surface area contributed by atoms with Gasteiger partial charge in [-0.05, 0) is 72.8 Å². The average Bonchev–Trinajstić information content (AvgIpc) is 3.05. The topological polar surface area (TPSA) is 89.5 Å². The van der Waals surface area contributed by atoms with Crippen molar-refractivity contribution >= 4 is 46.1 Å². The zero-order chi connectivity index (χ0) is 30.4. The third-order valence-electron chi connectivity index (χ3n) is 8.98. The van der Waals surface area contributed by atoms with Gasteiger partial charge in [0, 0.05) is 0 Å². The van der Waals surface area contributed by atoms with E-state index in [0.29, 0.717) is 101 Å². The van der Waals surface area contributed by atoms with Gasteiger partial charge in [-0.1, -0.05) is 36.4 Å². The summed E-state index contributed by atoms with van der Waals surface area (Å²) in [5.74, 6) is 7.14. The monoisotopic (exact) mass is 640 g/mol. The van der Waals surface area contributed by atoms with Crippen molar-refractivity contribution in [2.75, 3.05) is 0 Å². The maximum atomic E-state index is 14.4. The minimum absolute atomic E-state index is 0.595. The third kappa shape index (κ3) is 2.84. The van der Waals surface area contributed by atoms with Gasteiger partial charge in [-0.25, -0.2) is 0 Å². The van der Waals surface area contributed by atoms with E-state index in [-0.39, 0.29) is 0 Å². The Bertz CT molecular complexity index is 1950. The molecule has 10 heteroatoms. The fourth-order valence-electron chi connectivity index (χ4n) is 7.25. The molecule has 0 fully saturated rings. The highest BCUT2D eigenvalue weighted by Crippen LogP contribution is 2.65. The van der Waals surface area contributed by atoms with Gasteiger partial charge in [-0.2, -0.15) is 0 Å². The molecule has 0 amide bonds. The van der Waals surface area contributed by atoms with Gasteiger partial charge < -0.3 is 37.6 Å². The van der Waals surface area contributed by atoms with E-state index < -0.39 is 14.3 Å². The summed E-state index contributed by atoms with van der Waals surface area (Å²) in [6.45, 7) is 0. The van der Waals surface area contributed by atoms with Crippen LogP contribution in [0.15, 0.2) is 109 Å². The molecule has 0 radical (unpaired) electrons. The van der Waals surface area contributed by atoms with Crippen molar-refractivity contribution in [3.8, 4) is 69.0 Å². The third-order valence-corrected chi connectivity index (χ3v) is 15.4. The zero-order valence-electron chi connectivity index (χ0n) is 23.6. The van der Waals surface area contributed by atoms with Crippen LogP contribution in [0.1, 0.15) is 0 Å². The van der Waals surface area contributed by atoms with Gasteiger partial charge in [0.1, 0.15) is 101 Å². The van der Waals surface area contributed by atoms with E-state index >= 15 is 0 Å². The molecule has 0 aliphatic carbocycles. The Morgan fingerprint density at radius 2 is 0.391 bits per heavy atom. The van der Waals surface area contributed by atoms with Gasteiger partial charge in [0.25, 0.3) is 0 Å². The molecular formula is C36H18O8P2. The van der Waals surface area contributed by atoms with Crippen LogP contribution in [0.2, 0.25) is 0 Å². The van der Waals surface area contributed by atoms with Crippen molar-refractivity contribution in [3.05, 3.63) is 109 Å². The largest absolute Gasteiger partial charge is 0.455 e. The number of benzene rings is 6. The van der Waals surface area contributed by atoms with Crippen molar-refractivity contribution in [2.24, 2.45) is 0 Å². The Labute approximate surface area is 261 Å². The molecule has 0 saturated carbocycles. The number of hydrogen-bond acceptors (Lipinski definition) is 8. The maximum absolute atomic E-state index is 14.4. The second-order valence-electron chi connectivity index (χ2n) is 11.4. The Morgan fingerprint density at radius 3 is 0.522 bits per heavy atom. The summed E-state index contributed by atoms with van der Waals surface area (Å²) in [4.78, 5) is 0. The van der Waals surface area contributed by atoms with Crippen molar-refractivity contribution in [2.45, 2.75) is 0 Å². The maximum Gasteiger partial charge on any atom is 0.193 e. The number of hydrogen-bond donors (Lipinski definition) is 0. The predicted octanol–water partition coefficient (Wildman–Crippen LogP) is 7.29. The van der Waals surface area contributed by atoms with Gasteiger partial charge in [-0.3, -0.25) is 0 Å². The Morgan fingerprint density at radius 1 is 0.261 bits per heavy atom. The molecule has 0 unspecified atom stereocenters. The number of ether oxygens (including phenoxy) is 6. The van der Waals surface area contributed by atoms with Gasteiger partial charge in [-0.15, -0.1) is 0 Å². The van der Waals surface area contributed by atoms with Crippen LogP contribution < -0.4 is 60.2 Å². The molecule has 0 aromatic heterocycles. The molecule has 0 N–H and O–H groups in total. The van der Waals surface area contributed by atoms with Crippen LogP contribution in [0.25, 0.3) is 0 Å². The van der Waals surface area contributed by atoms with E-state index in [1.54, 1.807) is 0 Å². The quantitative estimate of drug-likeness (QED) is 0.160. The van der Waals surface area contributed by atoms with Gasteiger partial charge >= 0.3 is 0 Å². The van der Waals surface area contributed by atoms with E-state index in [2.05, 4.69) is 0 Å². The molecule has 46 heavy (non-hydrogen) atoms. The van der Waals surface area contributed by atoms with E-state index in [0.717, 1.165) is 0 Å². The zero-order valence-corrected chi connectivity index (χ0v) is 25.3. The summed E-state index contributed by atoms with van der Waals surface area (Å²) in [5, 5.41) is 3.85. The summed E-state index contributed by atoms with van der Waals surface area (Å²) in [5.41, 5.74) is 0. The molecule has 8 nitrogen and oxygen atoms in total. The highest BCUT2D eigenvalue weighted by atomic mass is 31.2. The van der Waals surface area contributed by atoms with Gasteiger partial charge in [0.05, 0.1) is 0 Å². The minimum Gasteiger partial charge on any atom is -0.455 e. The van der Waals surface area contributed by atoms with E-state index in [1.807, 2.05) is 109 Å². The number of rotatable bonds is 0. The lowest BCUT2D eigenvalue weighted by Crippen LogP contribution is -2.38. The smallest absolute Gasteiger partial charge is 0.193 e. The Balaban J connectivity index is 0.000000114. The molecule has 12 rings (SSSR count). The standard InChI is InChI=1S/2C18H9O4P/c2*19-23-16-10-4-1-5-11(16)21-13-7-3-9-15(18(13)23)22-14-8-2-6-12(20-10)17(14)23/h2*1-9H. The fourth-order valence-corrected chi connectivity index (χ4v) is 13.8. The van der Waals surface area contributed by atoms with Crippen LogP contribution in [0.4, 0.5) is 0 Å². The second kappa shape index (κ2) is 8.24. The fraction of sp³-hybridized carbons (Fsp3) is 0. The van der Waals surface area contributed by atoms with E-state index in [1.165, 1.54) is 0 Å². The van der Waals surface area contributed by atoms with Crippen molar-refractivity contribution in [1.82, 2.24) is 0 Å². The molecule has 6 heterocycles. The summed E-state index contributed by atoms with van der Waals surface area (Å²) in [6, 6.07) is 33.1. The molecule has 0 atom stereocenters. The second-order valence-corrected chi connectivity index (χ2v) is 16.6. The Kier molecular flexibility index (Phi) is 4.45. The van der Waals surface area contributed by atoms with Crippen molar-refractivity contribution in [3.63, 3.8) is 0 Å². The molecule has 6 aliphatic rings. The molecule has 0 saturated heterocycles. The molecule has 6 aromatic rings. The lowest BCUT2D eigenvalue weighted by molar-refractivity contribution is 0.439. The van der Waals surface area contributed by atoms with E-state index in [4.69, 9.17) is 28.4 Å². The van der Waals surface area contributed by atoms with E-state index in [9.17, 15) is 9.13 Å².